The van der Waals surface area contributed by atoms with E-state index in [9.17, 15) is 13.6 Å². The molecule has 0 saturated heterocycles. The van der Waals surface area contributed by atoms with Crippen LogP contribution >= 0.6 is 0 Å². The maximum absolute atomic E-state index is 13.5. The van der Waals surface area contributed by atoms with E-state index in [4.69, 9.17) is 4.84 Å². The van der Waals surface area contributed by atoms with Crippen molar-refractivity contribution in [3.05, 3.63) is 70.8 Å². The molecule has 0 atom stereocenters. The summed E-state index contributed by atoms with van der Waals surface area (Å²) in [5.41, 5.74) is 2.94. The quantitative estimate of drug-likeness (QED) is 0.872. The normalized spacial score (nSPS) is 10.3. The Balaban J connectivity index is 1.97. The third-order valence-electron chi connectivity index (χ3n) is 2.74. The molecule has 1 amide bonds. The average Bonchev–Trinajstić information content (AvgIpc) is 2.44. The van der Waals surface area contributed by atoms with Crippen molar-refractivity contribution in [1.82, 2.24) is 5.48 Å². The minimum absolute atomic E-state index is 0.161. The molecule has 0 heterocycles. The number of amides is 1. The van der Waals surface area contributed by atoms with E-state index in [0.29, 0.717) is 6.07 Å². The highest BCUT2D eigenvalue weighted by Gasteiger charge is 2.14. The van der Waals surface area contributed by atoms with Crippen LogP contribution in [0.25, 0.3) is 0 Å². The summed E-state index contributed by atoms with van der Waals surface area (Å²) in [5.74, 6) is -2.36. The lowest BCUT2D eigenvalue weighted by atomic mass is 10.1. The number of hydrogen-bond acceptors (Lipinski definition) is 2. The smallest absolute Gasteiger partial charge is 0.269 e. The Morgan fingerprint density at radius 3 is 2.55 bits per heavy atom. The second-order valence-electron chi connectivity index (χ2n) is 4.29. The Hall–Kier alpha value is -2.27. The second-order valence-corrected chi connectivity index (χ2v) is 4.29. The third kappa shape index (κ3) is 3.39. The number of benzene rings is 2. The zero-order valence-electron chi connectivity index (χ0n) is 10.8. The van der Waals surface area contributed by atoms with Crippen molar-refractivity contribution < 1.29 is 18.4 Å². The Labute approximate surface area is 115 Å². The van der Waals surface area contributed by atoms with Gasteiger partial charge >= 0.3 is 0 Å². The highest BCUT2D eigenvalue weighted by atomic mass is 19.1. The van der Waals surface area contributed by atoms with Gasteiger partial charge in [-0.05, 0) is 24.1 Å². The molecule has 0 aliphatic rings. The molecular weight excluding hydrogens is 264 g/mol. The number of rotatable bonds is 4. The van der Waals surface area contributed by atoms with Crippen molar-refractivity contribution in [3.8, 4) is 0 Å². The van der Waals surface area contributed by atoms with Gasteiger partial charge in [0.15, 0.2) is 0 Å². The lowest BCUT2D eigenvalue weighted by Crippen LogP contribution is -2.24. The van der Waals surface area contributed by atoms with Crippen LogP contribution < -0.4 is 5.48 Å². The monoisotopic (exact) mass is 277 g/mol. The number of aryl methyl sites for hydroxylation is 1. The number of nitrogens with one attached hydrogen (secondary N) is 1. The Kier molecular flexibility index (Phi) is 4.42. The van der Waals surface area contributed by atoms with Gasteiger partial charge in [0.25, 0.3) is 5.91 Å². The van der Waals surface area contributed by atoms with Crippen molar-refractivity contribution in [1.29, 1.82) is 0 Å². The van der Waals surface area contributed by atoms with E-state index in [1.165, 1.54) is 6.92 Å². The van der Waals surface area contributed by atoms with Gasteiger partial charge in [-0.15, -0.1) is 0 Å². The van der Waals surface area contributed by atoms with E-state index in [1.54, 1.807) is 0 Å². The fourth-order valence-electron chi connectivity index (χ4n) is 1.65. The minimum atomic E-state index is -0.922. The van der Waals surface area contributed by atoms with Crippen molar-refractivity contribution in [2.75, 3.05) is 0 Å². The molecule has 1 N–H and O–H groups in total. The summed E-state index contributed by atoms with van der Waals surface area (Å²) in [4.78, 5) is 16.7. The Morgan fingerprint density at radius 2 is 1.85 bits per heavy atom. The predicted octanol–water partition coefficient (Wildman–Crippen LogP) is 3.13. The summed E-state index contributed by atoms with van der Waals surface area (Å²) in [6, 6.07) is 11.0. The van der Waals surface area contributed by atoms with Crippen molar-refractivity contribution in [3.63, 3.8) is 0 Å². The van der Waals surface area contributed by atoms with Gasteiger partial charge in [0.1, 0.15) is 11.6 Å². The fraction of sp³-hybridized carbons (Fsp3) is 0.133. The molecule has 3 nitrogen and oxygen atoms in total. The molecule has 2 aromatic carbocycles. The van der Waals surface area contributed by atoms with Gasteiger partial charge in [0.2, 0.25) is 0 Å². The minimum Gasteiger partial charge on any atom is -0.269 e. The largest absolute Gasteiger partial charge is 0.277 e. The van der Waals surface area contributed by atoms with Crippen LogP contribution in [0.2, 0.25) is 0 Å². The van der Waals surface area contributed by atoms with Crippen LogP contribution in [0.1, 0.15) is 21.5 Å². The van der Waals surface area contributed by atoms with Crippen molar-refractivity contribution in [2.24, 2.45) is 0 Å². The third-order valence-corrected chi connectivity index (χ3v) is 2.74. The van der Waals surface area contributed by atoms with Crippen molar-refractivity contribution in [2.45, 2.75) is 13.5 Å². The summed E-state index contributed by atoms with van der Waals surface area (Å²) in [7, 11) is 0. The van der Waals surface area contributed by atoms with Crippen LogP contribution in [0.3, 0.4) is 0 Å². The zero-order chi connectivity index (χ0) is 14.5. The molecule has 5 heteroatoms. The summed E-state index contributed by atoms with van der Waals surface area (Å²) in [5, 5.41) is 0. The molecule has 0 aromatic heterocycles. The lowest BCUT2D eigenvalue weighted by molar-refractivity contribution is 0.0230. The first-order valence-electron chi connectivity index (χ1n) is 5.99. The zero-order valence-corrected chi connectivity index (χ0v) is 10.8. The number of halogens is 2. The first-order valence-corrected chi connectivity index (χ1v) is 5.99. The fourth-order valence-corrected chi connectivity index (χ4v) is 1.65. The van der Waals surface area contributed by atoms with E-state index in [0.717, 1.165) is 11.6 Å². The molecule has 2 aromatic rings. The standard InChI is InChI=1S/C15H13F2NO2/c1-10-7-12(14(17)8-13(10)16)15(19)18-20-9-11-5-3-2-4-6-11/h2-8H,9H2,1H3,(H,18,19). The van der Waals surface area contributed by atoms with Gasteiger partial charge in [0, 0.05) is 6.07 Å². The summed E-state index contributed by atoms with van der Waals surface area (Å²) >= 11 is 0. The second kappa shape index (κ2) is 6.25. The number of hydrogen-bond donors (Lipinski definition) is 1. The highest BCUT2D eigenvalue weighted by molar-refractivity contribution is 5.93. The van der Waals surface area contributed by atoms with E-state index in [1.807, 2.05) is 30.3 Å². The van der Waals surface area contributed by atoms with Gasteiger partial charge in [0.05, 0.1) is 12.2 Å². The first kappa shape index (κ1) is 14.1. The van der Waals surface area contributed by atoms with E-state index in [2.05, 4.69) is 5.48 Å². The maximum Gasteiger partial charge on any atom is 0.277 e. The van der Waals surface area contributed by atoms with Gasteiger partial charge < -0.3 is 0 Å². The van der Waals surface area contributed by atoms with E-state index < -0.39 is 17.5 Å². The Bertz CT molecular complexity index is 615. The van der Waals surface area contributed by atoms with Gasteiger partial charge in [-0.2, -0.15) is 0 Å². The topological polar surface area (TPSA) is 38.3 Å². The highest BCUT2D eigenvalue weighted by Crippen LogP contribution is 2.14. The molecule has 0 spiro atoms. The maximum atomic E-state index is 13.5. The van der Waals surface area contributed by atoms with Crippen LogP contribution in [0.15, 0.2) is 42.5 Å². The number of hydroxylamine groups is 1. The average molecular weight is 277 g/mol. The van der Waals surface area contributed by atoms with Gasteiger partial charge in [-0.1, -0.05) is 30.3 Å². The van der Waals surface area contributed by atoms with Crippen LogP contribution in [-0.4, -0.2) is 5.91 Å². The van der Waals surface area contributed by atoms with Gasteiger partial charge in [-0.3, -0.25) is 9.63 Å². The van der Waals surface area contributed by atoms with Crippen LogP contribution in [0.5, 0.6) is 0 Å². The molecule has 0 aliphatic heterocycles. The molecule has 0 bridgehead atoms. The van der Waals surface area contributed by atoms with Crippen LogP contribution in [0.4, 0.5) is 8.78 Å². The lowest BCUT2D eigenvalue weighted by Gasteiger charge is -2.08. The molecule has 0 unspecified atom stereocenters. The molecule has 104 valence electrons. The molecule has 0 aliphatic carbocycles. The number of carbonyl (C=O) groups is 1. The van der Waals surface area contributed by atoms with Crippen molar-refractivity contribution >= 4 is 5.91 Å². The summed E-state index contributed by atoms with van der Waals surface area (Å²) in [6.45, 7) is 1.62. The number of carbonyl (C=O) groups excluding carboxylic acids is 1. The summed E-state index contributed by atoms with van der Waals surface area (Å²) in [6.07, 6.45) is 0. The van der Waals surface area contributed by atoms with Crippen LogP contribution in [0, 0.1) is 18.6 Å². The molecular formula is C15H13F2NO2. The first-order chi connectivity index (χ1) is 9.58. The van der Waals surface area contributed by atoms with E-state index in [-0.39, 0.29) is 17.7 Å². The predicted molar refractivity (Wildman–Crippen MR) is 69.8 cm³/mol. The molecule has 0 saturated carbocycles. The SMILES string of the molecule is Cc1cc(C(=O)NOCc2ccccc2)c(F)cc1F. The Morgan fingerprint density at radius 1 is 1.15 bits per heavy atom. The molecule has 0 radical (unpaired) electrons. The molecule has 2 rings (SSSR count). The van der Waals surface area contributed by atoms with E-state index >= 15 is 0 Å². The van der Waals surface area contributed by atoms with Gasteiger partial charge in [-0.25, -0.2) is 14.3 Å². The summed E-state index contributed by atoms with van der Waals surface area (Å²) < 4.78 is 26.6. The molecule has 0 fully saturated rings. The van der Waals surface area contributed by atoms with Crippen LogP contribution in [-0.2, 0) is 11.4 Å². The molecule has 20 heavy (non-hydrogen) atoms.